The summed E-state index contributed by atoms with van der Waals surface area (Å²) in [7, 11) is 0. The van der Waals surface area contributed by atoms with Crippen molar-refractivity contribution in [2.45, 2.75) is 5.41 Å². The van der Waals surface area contributed by atoms with Crippen molar-refractivity contribution < 1.29 is 4.74 Å². The van der Waals surface area contributed by atoms with Crippen LogP contribution in [0, 0.1) is 0 Å². The number of benzene rings is 9. The maximum atomic E-state index is 7.08. The molecule has 12 rings (SSSR count). The van der Waals surface area contributed by atoms with Gasteiger partial charge >= 0.3 is 0 Å². The van der Waals surface area contributed by atoms with Gasteiger partial charge in [-0.25, -0.2) is 0 Å². The van der Waals surface area contributed by atoms with Gasteiger partial charge in [0.05, 0.1) is 27.8 Å². The average Bonchev–Trinajstić information content (AvgIpc) is 3.64. The molecular formula is C55H36N2O. The summed E-state index contributed by atoms with van der Waals surface area (Å²) in [4.78, 5) is 2.38. The van der Waals surface area contributed by atoms with E-state index in [2.05, 4.69) is 228 Å². The van der Waals surface area contributed by atoms with Crippen LogP contribution in [-0.4, -0.2) is 4.57 Å². The van der Waals surface area contributed by atoms with Crippen LogP contribution < -0.4 is 9.64 Å². The van der Waals surface area contributed by atoms with Gasteiger partial charge in [-0.15, -0.1) is 0 Å². The Labute approximate surface area is 337 Å². The fraction of sp³-hybridized carbons (Fsp3) is 0.0182. The van der Waals surface area contributed by atoms with E-state index in [4.69, 9.17) is 4.74 Å². The third-order valence-corrected chi connectivity index (χ3v) is 12.2. The number of nitrogens with zero attached hydrogens (tertiary/aromatic N) is 2. The van der Waals surface area contributed by atoms with Gasteiger partial charge in [-0.05, 0) is 70.3 Å². The van der Waals surface area contributed by atoms with Gasteiger partial charge in [-0.2, -0.15) is 0 Å². The molecule has 0 aliphatic carbocycles. The molecule has 1 spiro atoms. The van der Waals surface area contributed by atoms with Crippen LogP contribution in [0.25, 0.3) is 49.7 Å². The zero-order chi connectivity index (χ0) is 38.2. The van der Waals surface area contributed by atoms with E-state index in [0.717, 1.165) is 50.8 Å². The Morgan fingerprint density at radius 3 is 1.84 bits per heavy atom. The molecule has 0 saturated carbocycles. The van der Waals surface area contributed by atoms with Crippen molar-refractivity contribution in [3.8, 4) is 39.4 Å². The largest absolute Gasteiger partial charge is 0.457 e. The van der Waals surface area contributed by atoms with Gasteiger partial charge in [0.15, 0.2) is 0 Å². The summed E-state index contributed by atoms with van der Waals surface area (Å²) in [6, 6.07) is 79.0. The van der Waals surface area contributed by atoms with Gasteiger partial charge < -0.3 is 14.2 Å². The highest BCUT2D eigenvalue weighted by atomic mass is 16.5. The molecule has 3 heterocycles. The first-order chi connectivity index (χ1) is 28.8. The molecule has 0 saturated heterocycles. The average molecular weight is 741 g/mol. The first-order valence-corrected chi connectivity index (χ1v) is 19.9. The smallest absolute Gasteiger partial charge is 0.134 e. The lowest BCUT2D eigenvalue weighted by atomic mass is 9.62. The zero-order valence-electron chi connectivity index (χ0n) is 31.6. The molecule has 0 amide bonds. The maximum Gasteiger partial charge on any atom is 0.134 e. The molecule has 1 atom stereocenters. The molecule has 1 aromatic heterocycles. The van der Waals surface area contributed by atoms with Crippen molar-refractivity contribution in [1.82, 2.24) is 4.57 Å². The Kier molecular flexibility index (Phi) is 7.14. The summed E-state index contributed by atoms with van der Waals surface area (Å²) in [5, 5.41) is 2.51. The number of fused-ring (bicyclic) bond motifs is 11. The van der Waals surface area contributed by atoms with Crippen molar-refractivity contribution in [3.63, 3.8) is 0 Å². The molecule has 0 fully saturated rings. The fourth-order valence-electron chi connectivity index (χ4n) is 9.85. The highest BCUT2D eigenvalue weighted by molar-refractivity contribution is 6.12. The lowest BCUT2D eigenvalue weighted by Gasteiger charge is -2.45. The molecule has 1 unspecified atom stereocenters. The Morgan fingerprint density at radius 2 is 1.00 bits per heavy atom. The number of para-hydroxylation sites is 5. The SMILES string of the molecule is c1ccc(-c2ccc(N(c3ccc4c(c3)Oc3ccccc3C43c4ccccc4-n4c5ccccc5c5cccc3c54)c3ccccc3-c3ccccc3)cc2)cc1. The minimum absolute atomic E-state index is 0.632. The van der Waals surface area contributed by atoms with Crippen molar-refractivity contribution in [3.05, 3.63) is 241 Å². The van der Waals surface area contributed by atoms with Gasteiger partial charge in [0.2, 0.25) is 0 Å². The molecule has 3 nitrogen and oxygen atoms in total. The van der Waals surface area contributed by atoms with E-state index in [9.17, 15) is 0 Å². The number of rotatable bonds is 5. The molecule has 2 aliphatic rings. The molecule has 272 valence electrons. The second kappa shape index (κ2) is 12.7. The van der Waals surface area contributed by atoms with E-state index in [-0.39, 0.29) is 0 Å². The van der Waals surface area contributed by atoms with Crippen LogP contribution in [0.1, 0.15) is 22.3 Å². The first-order valence-electron chi connectivity index (χ1n) is 19.9. The summed E-state index contributed by atoms with van der Waals surface area (Å²) in [5.74, 6) is 1.71. The monoisotopic (exact) mass is 740 g/mol. The first kappa shape index (κ1) is 32.6. The van der Waals surface area contributed by atoms with Crippen LogP contribution in [0.4, 0.5) is 17.1 Å². The lowest BCUT2D eigenvalue weighted by Crippen LogP contribution is -2.37. The van der Waals surface area contributed by atoms with Crippen LogP contribution in [0.2, 0.25) is 0 Å². The summed E-state index contributed by atoms with van der Waals surface area (Å²) in [6.07, 6.45) is 0. The van der Waals surface area contributed by atoms with Crippen LogP contribution in [0.15, 0.2) is 218 Å². The van der Waals surface area contributed by atoms with Crippen LogP contribution in [-0.2, 0) is 5.41 Å². The summed E-state index contributed by atoms with van der Waals surface area (Å²) in [5.41, 5.74) is 15.6. The van der Waals surface area contributed by atoms with Crippen LogP contribution in [0.3, 0.4) is 0 Å². The highest BCUT2D eigenvalue weighted by Crippen LogP contribution is 2.61. The van der Waals surface area contributed by atoms with Crippen molar-refractivity contribution in [2.24, 2.45) is 0 Å². The van der Waals surface area contributed by atoms with Gasteiger partial charge in [0, 0.05) is 44.9 Å². The number of hydrogen-bond acceptors (Lipinski definition) is 2. The number of anilines is 3. The predicted molar refractivity (Wildman–Crippen MR) is 238 cm³/mol. The Bertz CT molecular complexity index is 3200. The molecule has 10 aromatic rings. The lowest BCUT2D eigenvalue weighted by molar-refractivity contribution is 0.434. The van der Waals surface area contributed by atoms with E-state index in [1.807, 2.05) is 0 Å². The van der Waals surface area contributed by atoms with E-state index >= 15 is 0 Å². The number of ether oxygens (including phenoxy) is 1. The second-order valence-electron chi connectivity index (χ2n) is 15.2. The quantitative estimate of drug-likeness (QED) is 0.175. The minimum Gasteiger partial charge on any atom is -0.457 e. The number of hydrogen-bond donors (Lipinski definition) is 0. The Balaban J connectivity index is 1.12. The maximum absolute atomic E-state index is 7.08. The van der Waals surface area contributed by atoms with E-state index in [1.54, 1.807) is 0 Å². The molecule has 0 bridgehead atoms. The van der Waals surface area contributed by atoms with Crippen LogP contribution in [0.5, 0.6) is 11.5 Å². The molecule has 2 aliphatic heterocycles. The molecule has 58 heavy (non-hydrogen) atoms. The summed E-state index contributed by atoms with van der Waals surface area (Å²) >= 11 is 0. The van der Waals surface area contributed by atoms with Gasteiger partial charge in [0.25, 0.3) is 0 Å². The van der Waals surface area contributed by atoms with Gasteiger partial charge in [-0.1, -0.05) is 170 Å². The Morgan fingerprint density at radius 1 is 0.397 bits per heavy atom. The Hall–Kier alpha value is -7.62. The third kappa shape index (κ3) is 4.62. The highest BCUT2D eigenvalue weighted by Gasteiger charge is 2.50. The van der Waals surface area contributed by atoms with E-state index in [1.165, 1.54) is 49.7 Å². The molecule has 0 N–H and O–H groups in total. The molecule has 3 heteroatoms. The van der Waals surface area contributed by atoms with Gasteiger partial charge in [0.1, 0.15) is 11.5 Å². The third-order valence-electron chi connectivity index (χ3n) is 12.2. The summed E-state index contributed by atoms with van der Waals surface area (Å²) in [6.45, 7) is 0. The predicted octanol–water partition coefficient (Wildman–Crippen LogP) is 14.4. The normalized spacial score (nSPS) is 14.8. The minimum atomic E-state index is -0.632. The standard InChI is InChI=1S/C55H36N2O/c1-3-16-37(17-4-1)38-30-32-40(33-31-38)56(49-26-11-7-20-42(49)39-18-5-2-6-19-39)41-34-35-47-53(36-41)58-52-29-14-10-24-46(52)55(47)45-23-9-13-28-51(45)57-50-27-12-8-21-43(50)44-22-15-25-48(55)54(44)57/h1-36H. The second-order valence-corrected chi connectivity index (χ2v) is 15.2. The summed E-state index contributed by atoms with van der Waals surface area (Å²) < 4.78 is 9.56. The number of aromatic nitrogens is 1. The zero-order valence-corrected chi connectivity index (χ0v) is 31.6. The fourth-order valence-corrected chi connectivity index (χ4v) is 9.85. The topological polar surface area (TPSA) is 17.4 Å². The molecule has 9 aromatic carbocycles. The van der Waals surface area contributed by atoms with Crippen LogP contribution >= 0.6 is 0 Å². The van der Waals surface area contributed by atoms with Gasteiger partial charge in [-0.3, -0.25) is 0 Å². The van der Waals surface area contributed by atoms with E-state index in [0.29, 0.717) is 0 Å². The van der Waals surface area contributed by atoms with Crippen molar-refractivity contribution in [2.75, 3.05) is 4.90 Å². The van der Waals surface area contributed by atoms with E-state index < -0.39 is 5.41 Å². The van der Waals surface area contributed by atoms with Crippen molar-refractivity contribution in [1.29, 1.82) is 0 Å². The molecule has 0 radical (unpaired) electrons. The molecular weight excluding hydrogens is 705 g/mol. The van der Waals surface area contributed by atoms with Crippen molar-refractivity contribution >= 4 is 38.9 Å².